The Labute approximate surface area is 205 Å². The first-order chi connectivity index (χ1) is 16.7. The third-order valence-electron chi connectivity index (χ3n) is 6.21. The molecule has 35 heavy (non-hydrogen) atoms. The van der Waals surface area contributed by atoms with Crippen molar-refractivity contribution in [2.75, 3.05) is 24.5 Å². The summed E-state index contributed by atoms with van der Waals surface area (Å²) in [5.41, 5.74) is 6.22. The Morgan fingerprint density at radius 2 is 1.74 bits per heavy atom. The van der Waals surface area contributed by atoms with E-state index in [4.69, 9.17) is 10.5 Å². The number of hydrogen-bond acceptors (Lipinski definition) is 5. The first-order valence-electron chi connectivity index (χ1n) is 11.6. The number of sulfonamides is 1. The Kier molecular flexibility index (Phi) is 7.09. The van der Waals surface area contributed by atoms with Gasteiger partial charge in [-0.25, -0.2) is 8.42 Å². The molecule has 2 N–H and O–H groups in total. The molecule has 8 nitrogen and oxygen atoms in total. The van der Waals surface area contributed by atoms with Gasteiger partial charge in [0.1, 0.15) is 5.75 Å². The highest BCUT2D eigenvalue weighted by Gasteiger charge is 2.30. The van der Waals surface area contributed by atoms with Gasteiger partial charge in [0.15, 0.2) is 6.10 Å². The van der Waals surface area contributed by atoms with Crippen LogP contribution in [0.5, 0.6) is 5.75 Å². The number of benzene rings is 3. The molecule has 1 heterocycles. The van der Waals surface area contributed by atoms with Crippen LogP contribution in [0.25, 0.3) is 10.8 Å². The third kappa shape index (κ3) is 4.87. The summed E-state index contributed by atoms with van der Waals surface area (Å²) in [5.74, 6) is -1.07. The van der Waals surface area contributed by atoms with Crippen molar-refractivity contribution in [3.05, 3.63) is 66.2 Å². The van der Waals surface area contributed by atoms with Crippen LogP contribution in [-0.2, 0) is 14.8 Å². The van der Waals surface area contributed by atoms with Gasteiger partial charge in [0, 0.05) is 25.0 Å². The second-order valence-corrected chi connectivity index (χ2v) is 10.4. The predicted molar refractivity (Wildman–Crippen MR) is 135 cm³/mol. The van der Waals surface area contributed by atoms with Gasteiger partial charge in [-0.2, -0.15) is 4.31 Å². The molecule has 1 atom stereocenters. The second kappa shape index (κ2) is 10.1. The summed E-state index contributed by atoms with van der Waals surface area (Å²) in [4.78, 5) is 27.2. The number of hydrogen-bond donors (Lipinski definition) is 1. The topological polar surface area (TPSA) is 110 Å². The quantitative estimate of drug-likeness (QED) is 0.514. The maximum Gasteiger partial charge on any atom is 0.267 e. The maximum atomic E-state index is 13.4. The lowest BCUT2D eigenvalue weighted by atomic mass is 10.1. The molecule has 1 aliphatic rings. The second-order valence-electron chi connectivity index (χ2n) is 8.47. The largest absolute Gasteiger partial charge is 0.480 e. The standard InChI is InChI=1S/C26H29N3O5S/c1-3-29(23-12-8-10-19-9-4-5-11-21(19)23)26(31)18(2)34-24-14-13-20(17-22(24)25(27)30)35(32,33)28-15-6-7-16-28/h4-5,8-14,17-18H,3,6-7,15-16H2,1-2H3,(H2,27,30)/t18-/m0/s1. The van der Waals surface area contributed by atoms with Gasteiger partial charge in [0.05, 0.1) is 16.1 Å². The van der Waals surface area contributed by atoms with E-state index in [1.807, 2.05) is 49.4 Å². The number of anilines is 1. The molecule has 0 radical (unpaired) electrons. The van der Waals surface area contributed by atoms with E-state index >= 15 is 0 Å². The normalized spacial score (nSPS) is 15.1. The van der Waals surface area contributed by atoms with E-state index in [0.717, 1.165) is 29.3 Å². The minimum atomic E-state index is -3.74. The first-order valence-corrected chi connectivity index (χ1v) is 13.1. The molecular weight excluding hydrogens is 466 g/mol. The fourth-order valence-electron chi connectivity index (χ4n) is 4.39. The van der Waals surface area contributed by atoms with Gasteiger partial charge in [-0.1, -0.05) is 36.4 Å². The molecule has 0 bridgehead atoms. The Balaban J connectivity index is 1.61. The molecule has 1 fully saturated rings. The van der Waals surface area contributed by atoms with Crippen molar-refractivity contribution >= 4 is 38.3 Å². The lowest BCUT2D eigenvalue weighted by Crippen LogP contribution is -2.41. The van der Waals surface area contributed by atoms with Crippen molar-refractivity contribution in [3.8, 4) is 5.75 Å². The van der Waals surface area contributed by atoms with Crippen LogP contribution in [0.2, 0.25) is 0 Å². The smallest absolute Gasteiger partial charge is 0.267 e. The van der Waals surface area contributed by atoms with Crippen LogP contribution in [0, 0.1) is 0 Å². The Morgan fingerprint density at radius 3 is 2.43 bits per heavy atom. The fraction of sp³-hybridized carbons (Fsp3) is 0.308. The summed E-state index contributed by atoms with van der Waals surface area (Å²) in [6.45, 7) is 4.77. The highest BCUT2D eigenvalue weighted by Crippen LogP contribution is 2.30. The number of rotatable bonds is 8. The number of fused-ring (bicyclic) bond motifs is 1. The van der Waals surface area contributed by atoms with Gasteiger partial charge in [0.25, 0.3) is 11.8 Å². The van der Waals surface area contributed by atoms with Crippen molar-refractivity contribution in [2.24, 2.45) is 5.73 Å². The minimum Gasteiger partial charge on any atom is -0.480 e. The molecule has 0 aliphatic carbocycles. The van der Waals surface area contributed by atoms with E-state index in [1.165, 1.54) is 22.5 Å². The summed E-state index contributed by atoms with van der Waals surface area (Å²) in [5, 5.41) is 1.95. The van der Waals surface area contributed by atoms with E-state index in [0.29, 0.717) is 19.6 Å². The molecule has 9 heteroatoms. The molecule has 1 aliphatic heterocycles. The number of primary amides is 1. The summed E-state index contributed by atoms with van der Waals surface area (Å²) in [7, 11) is -3.74. The van der Waals surface area contributed by atoms with Gasteiger partial charge < -0.3 is 15.4 Å². The maximum absolute atomic E-state index is 13.4. The average Bonchev–Trinajstić information content (AvgIpc) is 3.40. The SMILES string of the molecule is CCN(C(=O)[C@H](C)Oc1ccc(S(=O)(=O)N2CCCC2)cc1C(N)=O)c1cccc2ccccc12. The summed E-state index contributed by atoms with van der Waals surface area (Å²) in [6, 6.07) is 17.5. The number of amides is 2. The van der Waals surface area contributed by atoms with Crippen LogP contribution in [0.3, 0.4) is 0 Å². The number of carbonyl (C=O) groups is 2. The van der Waals surface area contributed by atoms with E-state index in [-0.39, 0.29) is 22.1 Å². The molecule has 1 saturated heterocycles. The highest BCUT2D eigenvalue weighted by molar-refractivity contribution is 7.89. The van der Waals surface area contributed by atoms with Gasteiger partial charge >= 0.3 is 0 Å². The zero-order chi connectivity index (χ0) is 25.2. The summed E-state index contributed by atoms with van der Waals surface area (Å²) in [6.07, 6.45) is 0.647. The molecule has 3 aromatic rings. The van der Waals surface area contributed by atoms with Crippen LogP contribution in [0.4, 0.5) is 5.69 Å². The minimum absolute atomic E-state index is 0.0227. The first kappa shape index (κ1) is 24.7. The molecule has 2 amide bonds. The van der Waals surface area contributed by atoms with Crippen molar-refractivity contribution in [1.29, 1.82) is 0 Å². The van der Waals surface area contributed by atoms with Crippen LogP contribution in [-0.4, -0.2) is 50.3 Å². The number of nitrogens with two attached hydrogens (primary N) is 1. The molecule has 0 spiro atoms. The molecule has 0 unspecified atom stereocenters. The zero-order valence-corrected chi connectivity index (χ0v) is 20.6. The van der Waals surface area contributed by atoms with Crippen molar-refractivity contribution < 1.29 is 22.7 Å². The summed E-state index contributed by atoms with van der Waals surface area (Å²) >= 11 is 0. The van der Waals surface area contributed by atoms with Gasteiger partial charge in [0.2, 0.25) is 10.0 Å². The van der Waals surface area contributed by atoms with Crippen LogP contribution < -0.4 is 15.4 Å². The molecule has 4 rings (SSSR count). The Hall–Kier alpha value is -3.43. The van der Waals surface area contributed by atoms with Crippen LogP contribution in [0.1, 0.15) is 37.0 Å². The number of nitrogens with zero attached hydrogens (tertiary/aromatic N) is 2. The Morgan fingerprint density at radius 1 is 1.06 bits per heavy atom. The zero-order valence-electron chi connectivity index (χ0n) is 19.8. The summed E-state index contributed by atoms with van der Waals surface area (Å²) < 4.78 is 33.1. The van der Waals surface area contributed by atoms with Crippen molar-refractivity contribution in [1.82, 2.24) is 4.31 Å². The molecular formula is C26H29N3O5S. The average molecular weight is 496 g/mol. The third-order valence-corrected chi connectivity index (χ3v) is 8.11. The fourth-order valence-corrected chi connectivity index (χ4v) is 5.94. The van der Waals surface area contributed by atoms with Gasteiger partial charge in [-0.15, -0.1) is 0 Å². The van der Waals surface area contributed by atoms with E-state index in [2.05, 4.69) is 0 Å². The van der Waals surface area contributed by atoms with Gasteiger partial charge in [-0.05, 0) is 56.3 Å². The molecule has 184 valence electrons. The number of carbonyl (C=O) groups excluding carboxylic acids is 2. The highest BCUT2D eigenvalue weighted by atomic mass is 32.2. The van der Waals surface area contributed by atoms with E-state index in [9.17, 15) is 18.0 Å². The molecule has 0 aromatic heterocycles. The molecule has 3 aromatic carbocycles. The van der Waals surface area contributed by atoms with Crippen molar-refractivity contribution in [2.45, 2.75) is 37.7 Å². The Bertz CT molecular complexity index is 1360. The van der Waals surface area contributed by atoms with Crippen LogP contribution in [0.15, 0.2) is 65.6 Å². The number of likely N-dealkylation sites (N-methyl/N-ethyl adjacent to an activating group) is 1. The molecule has 0 saturated carbocycles. The van der Waals surface area contributed by atoms with Gasteiger partial charge in [-0.3, -0.25) is 9.59 Å². The van der Waals surface area contributed by atoms with Crippen molar-refractivity contribution in [3.63, 3.8) is 0 Å². The van der Waals surface area contributed by atoms with E-state index in [1.54, 1.807) is 11.8 Å². The van der Waals surface area contributed by atoms with E-state index < -0.39 is 22.0 Å². The monoisotopic (exact) mass is 495 g/mol. The lowest BCUT2D eigenvalue weighted by molar-refractivity contribution is -0.124. The predicted octanol–water partition coefficient (Wildman–Crippen LogP) is 3.54. The number of ether oxygens (including phenoxy) is 1. The lowest BCUT2D eigenvalue weighted by Gasteiger charge is -2.26. The van der Waals surface area contributed by atoms with Crippen LogP contribution >= 0.6 is 0 Å².